The van der Waals surface area contributed by atoms with E-state index >= 15 is 0 Å². The van der Waals surface area contributed by atoms with Crippen molar-refractivity contribution in [3.8, 4) is 22.4 Å². The molecule has 2 aromatic heterocycles. The number of aromatic nitrogens is 2. The average molecular weight is 318 g/mol. The molecule has 5 heteroatoms. The highest BCUT2D eigenvalue weighted by Gasteiger charge is 2.19. The number of rotatable bonds is 2. The molecule has 0 unspecified atom stereocenters. The standard InChI is InChI=1S/C14H12BrN3O/c1-8-4-2-3-5-9(8)11-12(17-18-14(11)16)10-6-7-19-13(10)15/h2-7H,1H3,(H3,16,17,18). The second-order valence-corrected chi connectivity index (χ2v) is 5.00. The van der Waals surface area contributed by atoms with Gasteiger partial charge in [-0.1, -0.05) is 24.3 Å². The molecule has 3 aromatic rings. The zero-order valence-corrected chi connectivity index (χ0v) is 11.9. The maximum absolute atomic E-state index is 6.01. The number of aromatic amines is 1. The van der Waals surface area contributed by atoms with Gasteiger partial charge < -0.3 is 10.2 Å². The Balaban J connectivity index is 2.26. The van der Waals surface area contributed by atoms with Crippen LogP contribution in [0.15, 0.2) is 45.7 Å². The lowest BCUT2D eigenvalue weighted by atomic mass is 9.98. The summed E-state index contributed by atoms with van der Waals surface area (Å²) in [4.78, 5) is 0. The van der Waals surface area contributed by atoms with Crippen molar-refractivity contribution in [2.45, 2.75) is 6.92 Å². The summed E-state index contributed by atoms with van der Waals surface area (Å²) in [5.41, 5.74) is 10.9. The average Bonchev–Trinajstić information content (AvgIpc) is 2.96. The summed E-state index contributed by atoms with van der Waals surface area (Å²) in [6.45, 7) is 2.05. The van der Waals surface area contributed by atoms with E-state index < -0.39 is 0 Å². The van der Waals surface area contributed by atoms with Crippen molar-refractivity contribution in [2.75, 3.05) is 5.73 Å². The van der Waals surface area contributed by atoms with E-state index in [1.54, 1.807) is 6.26 Å². The fourth-order valence-electron chi connectivity index (χ4n) is 2.15. The number of halogens is 1. The van der Waals surface area contributed by atoms with Gasteiger partial charge in [-0.05, 0) is 40.0 Å². The molecule has 0 bridgehead atoms. The van der Waals surface area contributed by atoms with Crippen LogP contribution in [0.2, 0.25) is 0 Å². The maximum atomic E-state index is 6.01. The van der Waals surface area contributed by atoms with Crippen molar-refractivity contribution in [2.24, 2.45) is 0 Å². The summed E-state index contributed by atoms with van der Waals surface area (Å²) in [6, 6.07) is 9.95. The van der Waals surface area contributed by atoms with Gasteiger partial charge in [0, 0.05) is 0 Å². The number of nitrogens with two attached hydrogens (primary N) is 1. The van der Waals surface area contributed by atoms with Crippen molar-refractivity contribution >= 4 is 21.7 Å². The Kier molecular flexibility index (Phi) is 2.91. The van der Waals surface area contributed by atoms with Gasteiger partial charge in [-0.2, -0.15) is 5.10 Å². The van der Waals surface area contributed by atoms with Crippen LogP contribution in [-0.4, -0.2) is 10.2 Å². The van der Waals surface area contributed by atoms with Crippen molar-refractivity contribution in [1.82, 2.24) is 10.2 Å². The highest BCUT2D eigenvalue weighted by Crippen LogP contribution is 2.39. The summed E-state index contributed by atoms with van der Waals surface area (Å²) in [5, 5.41) is 7.10. The molecule has 3 rings (SSSR count). The number of hydrogen-bond donors (Lipinski definition) is 2. The minimum absolute atomic E-state index is 0.484. The Hall–Kier alpha value is -2.01. The van der Waals surface area contributed by atoms with Gasteiger partial charge in [-0.3, -0.25) is 5.10 Å². The molecular formula is C14H12BrN3O. The third-order valence-electron chi connectivity index (χ3n) is 3.10. The molecule has 0 amide bonds. The minimum atomic E-state index is 0.484. The molecule has 96 valence electrons. The minimum Gasteiger partial charge on any atom is -0.457 e. The van der Waals surface area contributed by atoms with Crippen LogP contribution in [0.3, 0.4) is 0 Å². The fourth-order valence-corrected chi connectivity index (χ4v) is 2.59. The molecule has 4 nitrogen and oxygen atoms in total. The lowest BCUT2D eigenvalue weighted by molar-refractivity contribution is 0.542. The first-order valence-electron chi connectivity index (χ1n) is 5.81. The van der Waals surface area contributed by atoms with Gasteiger partial charge in [0.1, 0.15) is 0 Å². The van der Waals surface area contributed by atoms with E-state index in [2.05, 4.69) is 39.1 Å². The number of anilines is 1. The van der Waals surface area contributed by atoms with Gasteiger partial charge in [0.05, 0.1) is 23.1 Å². The Morgan fingerprint density at radius 2 is 2.00 bits per heavy atom. The Labute approximate surface area is 118 Å². The highest BCUT2D eigenvalue weighted by atomic mass is 79.9. The van der Waals surface area contributed by atoms with Crippen LogP contribution in [-0.2, 0) is 0 Å². The largest absolute Gasteiger partial charge is 0.457 e. The second-order valence-electron chi connectivity index (χ2n) is 4.28. The molecule has 0 spiro atoms. The van der Waals surface area contributed by atoms with E-state index in [9.17, 15) is 0 Å². The lowest BCUT2D eigenvalue weighted by Crippen LogP contribution is -1.90. The monoisotopic (exact) mass is 317 g/mol. The van der Waals surface area contributed by atoms with Crippen LogP contribution in [0.25, 0.3) is 22.4 Å². The van der Waals surface area contributed by atoms with E-state index in [4.69, 9.17) is 10.2 Å². The molecular weight excluding hydrogens is 306 g/mol. The Morgan fingerprint density at radius 3 is 2.68 bits per heavy atom. The van der Waals surface area contributed by atoms with E-state index in [1.807, 2.05) is 24.3 Å². The quantitative estimate of drug-likeness (QED) is 0.751. The Morgan fingerprint density at radius 1 is 1.21 bits per heavy atom. The SMILES string of the molecule is Cc1ccccc1-c1c(N)n[nH]c1-c1ccoc1Br. The molecule has 0 aliphatic carbocycles. The molecule has 3 N–H and O–H groups in total. The lowest BCUT2D eigenvalue weighted by Gasteiger charge is -2.06. The number of H-pyrrole nitrogens is 1. The summed E-state index contributed by atoms with van der Waals surface area (Å²) >= 11 is 3.38. The van der Waals surface area contributed by atoms with Gasteiger partial charge in [0.25, 0.3) is 0 Å². The molecule has 0 saturated carbocycles. The van der Waals surface area contributed by atoms with E-state index in [1.165, 1.54) is 0 Å². The normalized spacial score (nSPS) is 10.8. The molecule has 2 heterocycles. The van der Waals surface area contributed by atoms with Crippen LogP contribution in [0.5, 0.6) is 0 Å². The summed E-state index contributed by atoms with van der Waals surface area (Å²) < 4.78 is 5.94. The van der Waals surface area contributed by atoms with Crippen molar-refractivity contribution in [3.05, 3.63) is 46.8 Å². The Bertz CT molecular complexity index is 730. The molecule has 0 atom stereocenters. The number of furan rings is 1. The van der Waals surface area contributed by atoms with Crippen molar-refractivity contribution < 1.29 is 4.42 Å². The number of aryl methyl sites for hydroxylation is 1. The van der Waals surface area contributed by atoms with Gasteiger partial charge >= 0.3 is 0 Å². The van der Waals surface area contributed by atoms with E-state index in [-0.39, 0.29) is 0 Å². The number of nitrogen functional groups attached to an aromatic ring is 1. The predicted molar refractivity (Wildman–Crippen MR) is 78.6 cm³/mol. The third kappa shape index (κ3) is 1.96. The van der Waals surface area contributed by atoms with E-state index in [0.29, 0.717) is 10.5 Å². The first kappa shape index (κ1) is 12.0. The molecule has 0 saturated heterocycles. The van der Waals surface area contributed by atoms with Gasteiger partial charge in [0.2, 0.25) is 0 Å². The first-order valence-corrected chi connectivity index (χ1v) is 6.61. The number of benzene rings is 1. The fraction of sp³-hybridized carbons (Fsp3) is 0.0714. The first-order chi connectivity index (χ1) is 9.18. The topological polar surface area (TPSA) is 67.8 Å². The summed E-state index contributed by atoms with van der Waals surface area (Å²) in [5.74, 6) is 0.484. The smallest absolute Gasteiger partial charge is 0.178 e. The molecule has 0 aliphatic heterocycles. The van der Waals surface area contributed by atoms with Crippen LogP contribution in [0.1, 0.15) is 5.56 Å². The van der Waals surface area contributed by atoms with Gasteiger partial charge in [0.15, 0.2) is 10.5 Å². The third-order valence-corrected chi connectivity index (χ3v) is 3.71. The maximum Gasteiger partial charge on any atom is 0.178 e. The molecule has 0 fully saturated rings. The van der Waals surface area contributed by atoms with Crippen LogP contribution in [0.4, 0.5) is 5.82 Å². The molecule has 0 aliphatic rings. The van der Waals surface area contributed by atoms with Crippen molar-refractivity contribution in [1.29, 1.82) is 0 Å². The molecule has 19 heavy (non-hydrogen) atoms. The second kappa shape index (κ2) is 4.59. The number of nitrogens with zero attached hydrogens (tertiary/aromatic N) is 1. The molecule has 1 aromatic carbocycles. The van der Waals surface area contributed by atoms with Crippen LogP contribution in [0, 0.1) is 6.92 Å². The van der Waals surface area contributed by atoms with Gasteiger partial charge in [-0.25, -0.2) is 0 Å². The van der Waals surface area contributed by atoms with Crippen molar-refractivity contribution in [3.63, 3.8) is 0 Å². The van der Waals surface area contributed by atoms with E-state index in [0.717, 1.165) is 27.9 Å². The van der Waals surface area contributed by atoms with Crippen LogP contribution >= 0.6 is 15.9 Å². The predicted octanol–water partition coefficient (Wildman–Crippen LogP) is 3.99. The van der Waals surface area contributed by atoms with Gasteiger partial charge in [-0.15, -0.1) is 0 Å². The highest BCUT2D eigenvalue weighted by molar-refractivity contribution is 9.10. The van der Waals surface area contributed by atoms with Crippen LogP contribution < -0.4 is 5.73 Å². The zero-order chi connectivity index (χ0) is 13.4. The summed E-state index contributed by atoms with van der Waals surface area (Å²) in [7, 11) is 0. The molecule has 0 radical (unpaired) electrons. The summed E-state index contributed by atoms with van der Waals surface area (Å²) in [6.07, 6.45) is 1.62. The zero-order valence-electron chi connectivity index (χ0n) is 10.3. The number of hydrogen-bond acceptors (Lipinski definition) is 3. The number of nitrogens with one attached hydrogen (secondary N) is 1.